The lowest BCUT2D eigenvalue weighted by molar-refractivity contribution is 0.0281. The van der Waals surface area contributed by atoms with Crippen LogP contribution in [0.2, 0.25) is 0 Å². The van der Waals surface area contributed by atoms with Crippen LogP contribution in [0.25, 0.3) is 0 Å². The number of fused-ring (bicyclic) bond motifs is 1. The van der Waals surface area contributed by atoms with E-state index in [1.54, 1.807) is 68.6 Å². The van der Waals surface area contributed by atoms with Crippen molar-refractivity contribution in [2.75, 3.05) is 51.6 Å². The van der Waals surface area contributed by atoms with Crippen molar-refractivity contribution in [1.82, 2.24) is 10.2 Å². The van der Waals surface area contributed by atoms with E-state index in [9.17, 15) is 9.59 Å². The number of hydrogen-bond donors (Lipinski definition) is 3. The van der Waals surface area contributed by atoms with E-state index in [4.69, 9.17) is 14.2 Å². The molecule has 9 heteroatoms. The molecule has 1 aliphatic rings. The summed E-state index contributed by atoms with van der Waals surface area (Å²) in [5.41, 5.74) is 1.53. The highest BCUT2D eigenvalue weighted by Crippen LogP contribution is 2.26. The predicted octanol–water partition coefficient (Wildman–Crippen LogP) is 3.43. The molecule has 0 bridgehead atoms. The maximum Gasteiger partial charge on any atom is 0.323 e. The first kappa shape index (κ1) is 25.3. The molecule has 2 aromatic carbocycles. The molecule has 9 nitrogen and oxygen atoms in total. The van der Waals surface area contributed by atoms with Gasteiger partial charge in [0.05, 0.1) is 18.8 Å². The summed E-state index contributed by atoms with van der Waals surface area (Å²) >= 11 is 0. The van der Waals surface area contributed by atoms with E-state index in [2.05, 4.69) is 22.9 Å². The van der Waals surface area contributed by atoms with E-state index in [0.717, 1.165) is 6.54 Å². The van der Waals surface area contributed by atoms with Crippen molar-refractivity contribution in [3.8, 4) is 11.5 Å². The number of benzene rings is 2. The molecule has 0 fully saturated rings. The fourth-order valence-corrected chi connectivity index (χ4v) is 3.73. The first-order valence-electron chi connectivity index (χ1n) is 11.3. The summed E-state index contributed by atoms with van der Waals surface area (Å²) in [6.07, 6.45) is -0.0984. The highest BCUT2D eigenvalue weighted by molar-refractivity contribution is 6.01. The third-order valence-electron chi connectivity index (χ3n) is 5.81. The van der Waals surface area contributed by atoms with Gasteiger partial charge in [-0.3, -0.25) is 4.79 Å². The lowest BCUT2D eigenvalue weighted by Crippen LogP contribution is -2.44. The van der Waals surface area contributed by atoms with Crippen molar-refractivity contribution in [2.45, 2.75) is 26.0 Å². The summed E-state index contributed by atoms with van der Waals surface area (Å²) in [4.78, 5) is 27.4. The summed E-state index contributed by atoms with van der Waals surface area (Å²) in [7, 11) is 4.98. The lowest BCUT2D eigenvalue weighted by Gasteiger charge is -2.30. The van der Waals surface area contributed by atoms with Crippen LogP contribution in [-0.2, 0) is 4.74 Å². The minimum absolute atomic E-state index is 0.0630. The quantitative estimate of drug-likeness (QED) is 0.633. The van der Waals surface area contributed by atoms with E-state index in [0.29, 0.717) is 41.6 Å². The number of nitrogens with zero attached hydrogens (tertiary/aromatic N) is 1. The zero-order chi connectivity index (χ0) is 24.7. The van der Waals surface area contributed by atoms with Gasteiger partial charge in [-0.25, -0.2) is 4.79 Å². The molecular formula is C25H34N4O5. The molecule has 184 valence electrons. The minimum Gasteiger partial charge on any atom is -0.497 e. The molecule has 3 atom stereocenters. The molecule has 0 saturated carbocycles. The van der Waals surface area contributed by atoms with Crippen LogP contribution < -0.4 is 25.4 Å². The number of amides is 3. The second kappa shape index (κ2) is 11.7. The van der Waals surface area contributed by atoms with Gasteiger partial charge in [0.15, 0.2) is 0 Å². The average Bonchev–Trinajstić information content (AvgIpc) is 2.83. The molecule has 1 aliphatic heterocycles. The number of anilines is 2. The molecule has 0 saturated heterocycles. The minimum atomic E-state index is -0.420. The number of rotatable bonds is 4. The lowest BCUT2D eigenvalue weighted by atomic mass is 10.0. The van der Waals surface area contributed by atoms with E-state index in [1.807, 2.05) is 6.92 Å². The molecule has 1 heterocycles. The molecule has 34 heavy (non-hydrogen) atoms. The molecule has 0 aromatic heterocycles. The molecule has 0 unspecified atom stereocenters. The monoisotopic (exact) mass is 470 g/mol. The summed E-state index contributed by atoms with van der Waals surface area (Å²) < 4.78 is 16.9. The van der Waals surface area contributed by atoms with Gasteiger partial charge in [-0.15, -0.1) is 0 Å². The van der Waals surface area contributed by atoms with Gasteiger partial charge in [-0.1, -0.05) is 13.0 Å². The topological polar surface area (TPSA) is 101 Å². The van der Waals surface area contributed by atoms with Crippen LogP contribution in [0.5, 0.6) is 11.5 Å². The van der Waals surface area contributed by atoms with Gasteiger partial charge in [0.25, 0.3) is 5.91 Å². The highest BCUT2D eigenvalue weighted by atomic mass is 16.5. The van der Waals surface area contributed by atoms with Crippen LogP contribution in [-0.4, -0.2) is 69.9 Å². The number of nitrogens with one attached hydrogen (secondary N) is 3. The van der Waals surface area contributed by atoms with Crippen molar-refractivity contribution < 1.29 is 23.8 Å². The largest absolute Gasteiger partial charge is 0.497 e. The third kappa shape index (κ3) is 6.61. The van der Waals surface area contributed by atoms with Crippen LogP contribution >= 0.6 is 0 Å². The number of likely N-dealkylation sites (N-methyl/N-ethyl adjacent to an activating group) is 1. The molecule has 0 spiro atoms. The SMILES string of the molecule is COc1cccc(NC(=O)Nc2ccc3c(c2)OC[C@@H](C)NC[C@@H](C)[C@H](OC)CN(C)C3=O)c1. The van der Waals surface area contributed by atoms with E-state index in [1.165, 1.54) is 0 Å². The maximum absolute atomic E-state index is 13.2. The first-order valence-corrected chi connectivity index (χ1v) is 11.3. The maximum atomic E-state index is 13.2. The normalized spacial score (nSPS) is 21.4. The van der Waals surface area contributed by atoms with Gasteiger partial charge in [-0.05, 0) is 37.1 Å². The summed E-state index contributed by atoms with van der Waals surface area (Å²) in [6.45, 7) is 5.69. The molecule has 0 radical (unpaired) electrons. The number of carbonyl (C=O) groups is 2. The number of hydrogen-bond acceptors (Lipinski definition) is 6. The number of ether oxygens (including phenoxy) is 3. The third-order valence-corrected chi connectivity index (χ3v) is 5.81. The second-order valence-electron chi connectivity index (χ2n) is 8.58. The second-order valence-corrected chi connectivity index (χ2v) is 8.58. The molecule has 2 aromatic rings. The molecule has 3 amide bonds. The molecule has 0 aliphatic carbocycles. The molecule has 3 rings (SSSR count). The van der Waals surface area contributed by atoms with Crippen molar-refractivity contribution in [3.05, 3.63) is 48.0 Å². The van der Waals surface area contributed by atoms with E-state index < -0.39 is 6.03 Å². The Kier molecular flexibility index (Phi) is 8.72. The standard InChI is InChI=1S/C25H34N4O5/c1-16-13-26-17(2)15-34-22-12-19(9-10-21(22)24(30)29(3)14-23(16)33-5)28-25(31)27-18-7-6-8-20(11-18)32-4/h6-12,16-17,23,26H,13-15H2,1-5H3,(H2,27,28,31)/t16-,17-,23-/m1/s1. The predicted molar refractivity (Wildman–Crippen MR) is 132 cm³/mol. The van der Waals surface area contributed by atoms with Crippen molar-refractivity contribution in [2.24, 2.45) is 5.92 Å². The Labute approximate surface area is 200 Å². The van der Waals surface area contributed by atoms with Gasteiger partial charge < -0.3 is 35.1 Å². The number of methoxy groups -OCH3 is 2. The van der Waals surface area contributed by atoms with Gasteiger partial charge >= 0.3 is 6.03 Å². The van der Waals surface area contributed by atoms with Gasteiger partial charge in [0.2, 0.25) is 0 Å². The number of carbonyl (C=O) groups excluding carboxylic acids is 2. The smallest absolute Gasteiger partial charge is 0.323 e. The van der Waals surface area contributed by atoms with Gasteiger partial charge in [0.1, 0.15) is 18.1 Å². The van der Waals surface area contributed by atoms with Gasteiger partial charge in [-0.2, -0.15) is 0 Å². The summed E-state index contributed by atoms with van der Waals surface area (Å²) in [6, 6.07) is 11.7. The van der Waals surface area contributed by atoms with Crippen LogP contribution in [0, 0.1) is 5.92 Å². The van der Waals surface area contributed by atoms with Crippen LogP contribution in [0.15, 0.2) is 42.5 Å². The Morgan fingerprint density at radius 2 is 1.85 bits per heavy atom. The van der Waals surface area contributed by atoms with Crippen LogP contribution in [0.1, 0.15) is 24.2 Å². The number of urea groups is 1. The van der Waals surface area contributed by atoms with Crippen molar-refractivity contribution in [3.63, 3.8) is 0 Å². The zero-order valence-electron chi connectivity index (χ0n) is 20.4. The fourth-order valence-electron chi connectivity index (χ4n) is 3.73. The fraction of sp³-hybridized carbons (Fsp3) is 0.440. The van der Waals surface area contributed by atoms with E-state index >= 15 is 0 Å². The Morgan fingerprint density at radius 3 is 2.56 bits per heavy atom. The Balaban J connectivity index is 1.79. The van der Waals surface area contributed by atoms with Crippen LogP contribution in [0.4, 0.5) is 16.2 Å². The van der Waals surface area contributed by atoms with Crippen molar-refractivity contribution in [1.29, 1.82) is 0 Å². The average molecular weight is 471 g/mol. The van der Waals surface area contributed by atoms with Gasteiger partial charge in [0, 0.05) is 56.8 Å². The molecule has 3 N–H and O–H groups in total. The van der Waals surface area contributed by atoms with E-state index in [-0.39, 0.29) is 24.0 Å². The Hall–Kier alpha value is -3.30. The highest BCUT2D eigenvalue weighted by Gasteiger charge is 2.25. The summed E-state index contributed by atoms with van der Waals surface area (Å²) in [5.74, 6) is 1.10. The summed E-state index contributed by atoms with van der Waals surface area (Å²) in [5, 5.41) is 9.02. The Morgan fingerprint density at radius 1 is 1.12 bits per heavy atom. The molecular weight excluding hydrogens is 436 g/mol. The first-order chi connectivity index (χ1) is 16.3. The van der Waals surface area contributed by atoms with Crippen molar-refractivity contribution >= 4 is 23.3 Å². The zero-order valence-corrected chi connectivity index (χ0v) is 20.4. The van der Waals surface area contributed by atoms with Crippen LogP contribution in [0.3, 0.4) is 0 Å². The Bertz CT molecular complexity index is 999.